The molecule has 1 fully saturated rings. The molecule has 0 bridgehead atoms. The maximum atomic E-state index is 12.2. The number of benzene rings is 1. The Bertz CT molecular complexity index is 618. The van der Waals surface area contributed by atoms with Gasteiger partial charge in [-0.1, -0.05) is 0 Å². The monoisotopic (exact) mass is 297 g/mol. The molecule has 0 saturated carbocycles. The van der Waals surface area contributed by atoms with Gasteiger partial charge in [0.1, 0.15) is 5.75 Å². The first-order chi connectivity index (χ1) is 9.56. The average molecular weight is 297 g/mol. The summed E-state index contributed by atoms with van der Waals surface area (Å²) in [6.07, 6.45) is 0. The van der Waals surface area contributed by atoms with Crippen molar-refractivity contribution in [1.82, 2.24) is 4.31 Å². The van der Waals surface area contributed by atoms with Crippen LogP contribution in [-0.2, 0) is 14.9 Å². The van der Waals surface area contributed by atoms with Crippen LogP contribution in [0.25, 0.3) is 0 Å². The predicted octanol–water partition coefficient (Wildman–Crippen LogP) is 0.556. The van der Waals surface area contributed by atoms with Crippen LogP contribution in [0, 0.1) is 11.3 Å². The van der Waals surface area contributed by atoms with E-state index in [4.69, 9.17) is 14.7 Å². The van der Waals surface area contributed by atoms with Gasteiger partial charge < -0.3 is 9.47 Å². The molecule has 0 unspecified atom stereocenters. The molecule has 0 amide bonds. The van der Waals surface area contributed by atoms with E-state index >= 15 is 0 Å². The second-order valence-corrected chi connectivity index (χ2v) is 5.82. The smallest absolute Gasteiger partial charge is 0.301 e. The van der Waals surface area contributed by atoms with Crippen molar-refractivity contribution < 1.29 is 17.9 Å². The topological polar surface area (TPSA) is 91.7 Å². The van der Waals surface area contributed by atoms with Crippen LogP contribution >= 0.6 is 0 Å². The van der Waals surface area contributed by atoms with Crippen molar-refractivity contribution in [1.29, 1.82) is 5.26 Å². The molecule has 7 nitrogen and oxygen atoms in total. The van der Waals surface area contributed by atoms with Crippen LogP contribution in [0.3, 0.4) is 0 Å². The molecule has 0 aromatic heterocycles. The molecule has 1 N–H and O–H groups in total. The quantitative estimate of drug-likeness (QED) is 0.876. The highest BCUT2D eigenvalue weighted by Gasteiger charge is 2.25. The molecule has 1 aromatic carbocycles. The van der Waals surface area contributed by atoms with Crippen molar-refractivity contribution in [3.05, 3.63) is 23.8 Å². The van der Waals surface area contributed by atoms with E-state index < -0.39 is 10.2 Å². The lowest BCUT2D eigenvalue weighted by Gasteiger charge is -2.26. The lowest BCUT2D eigenvalue weighted by molar-refractivity contribution is 0.0733. The normalized spacial score (nSPS) is 16.4. The third-order valence-electron chi connectivity index (χ3n) is 2.88. The lowest BCUT2D eigenvalue weighted by Crippen LogP contribution is -2.43. The number of rotatable bonds is 4. The van der Waals surface area contributed by atoms with Crippen LogP contribution in [0.5, 0.6) is 5.75 Å². The third kappa shape index (κ3) is 3.19. The van der Waals surface area contributed by atoms with E-state index in [1.807, 2.05) is 6.07 Å². The first-order valence-electron chi connectivity index (χ1n) is 6.00. The molecular formula is C12H15N3O4S. The summed E-state index contributed by atoms with van der Waals surface area (Å²) in [5, 5.41) is 8.82. The fraction of sp³-hybridized carbons (Fsp3) is 0.417. The molecule has 2 rings (SSSR count). The van der Waals surface area contributed by atoms with Crippen molar-refractivity contribution in [3.8, 4) is 11.8 Å². The molecule has 1 heterocycles. The Hall–Kier alpha value is -1.82. The molecule has 0 atom stereocenters. The molecule has 0 spiro atoms. The minimum absolute atomic E-state index is 0.304. The highest BCUT2D eigenvalue weighted by atomic mass is 32.2. The standard InChI is InChI=1S/C12H15N3O4S/c1-18-12-8-10(9-13)2-3-11(12)14-20(16,17)15-4-6-19-7-5-15/h2-3,8,14H,4-7H2,1H3. The minimum Gasteiger partial charge on any atom is -0.495 e. The molecule has 0 radical (unpaired) electrons. The third-order valence-corrected chi connectivity index (χ3v) is 4.40. The second-order valence-electron chi connectivity index (χ2n) is 4.15. The Morgan fingerprint density at radius 2 is 2.10 bits per heavy atom. The van der Waals surface area contributed by atoms with E-state index in [9.17, 15) is 8.42 Å². The van der Waals surface area contributed by atoms with Gasteiger partial charge in [0.15, 0.2) is 0 Å². The maximum absolute atomic E-state index is 12.2. The Morgan fingerprint density at radius 3 is 2.70 bits per heavy atom. The summed E-state index contributed by atoms with van der Waals surface area (Å²) in [5.74, 6) is 0.306. The number of nitrogens with one attached hydrogen (secondary N) is 1. The van der Waals surface area contributed by atoms with Gasteiger partial charge in [0.2, 0.25) is 0 Å². The van der Waals surface area contributed by atoms with Gasteiger partial charge in [0, 0.05) is 19.2 Å². The van der Waals surface area contributed by atoms with E-state index in [1.54, 1.807) is 0 Å². The summed E-state index contributed by atoms with van der Waals surface area (Å²) in [4.78, 5) is 0. The molecule has 1 saturated heterocycles. The van der Waals surface area contributed by atoms with E-state index in [0.29, 0.717) is 43.3 Å². The van der Waals surface area contributed by atoms with Crippen molar-refractivity contribution in [3.63, 3.8) is 0 Å². The van der Waals surface area contributed by atoms with E-state index in [-0.39, 0.29) is 0 Å². The largest absolute Gasteiger partial charge is 0.495 e. The lowest BCUT2D eigenvalue weighted by atomic mass is 10.2. The zero-order valence-electron chi connectivity index (χ0n) is 11.0. The van der Waals surface area contributed by atoms with Crippen molar-refractivity contribution >= 4 is 15.9 Å². The zero-order valence-corrected chi connectivity index (χ0v) is 11.8. The second kappa shape index (κ2) is 6.09. The molecular weight excluding hydrogens is 282 g/mol. The Labute approximate surface area is 117 Å². The van der Waals surface area contributed by atoms with Gasteiger partial charge in [-0.25, -0.2) is 0 Å². The Kier molecular flexibility index (Phi) is 4.44. The summed E-state index contributed by atoms with van der Waals surface area (Å²) >= 11 is 0. The molecule has 1 aromatic rings. The van der Waals surface area contributed by atoms with Crippen LogP contribution in [0.2, 0.25) is 0 Å². The van der Waals surface area contributed by atoms with Crippen molar-refractivity contribution in [2.45, 2.75) is 0 Å². The Balaban J connectivity index is 2.22. The SMILES string of the molecule is COc1cc(C#N)ccc1NS(=O)(=O)N1CCOCC1. The van der Waals surface area contributed by atoms with Crippen LogP contribution in [0.1, 0.15) is 5.56 Å². The first kappa shape index (κ1) is 14.6. The summed E-state index contributed by atoms with van der Waals surface area (Å²) in [7, 11) is -2.23. The fourth-order valence-corrected chi connectivity index (χ4v) is 3.04. The maximum Gasteiger partial charge on any atom is 0.301 e. The van der Waals surface area contributed by atoms with E-state index in [1.165, 1.54) is 29.6 Å². The van der Waals surface area contributed by atoms with Crippen LogP contribution in [0.4, 0.5) is 5.69 Å². The summed E-state index contributed by atoms with van der Waals surface area (Å²) in [5.41, 5.74) is 0.703. The molecule has 8 heteroatoms. The molecule has 1 aliphatic rings. The van der Waals surface area contributed by atoms with Gasteiger partial charge in [0.25, 0.3) is 0 Å². The first-order valence-corrected chi connectivity index (χ1v) is 7.44. The highest BCUT2D eigenvalue weighted by Crippen LogP contribution is 2.27. The van der Waals surface area contributed by atoms with Gasteiger partial charge in [-0.05, 0) is 12.1 Å². The van der Waals surface area contributed by atoms with Gasteiger partial charge in [0.05, 0.1) is 37.6 Å². The van der Waals surface area contributed by atoms with Gasteiger partial charge >= 0.3 is 10.2 Å². The van der Waals surface area contributed by atoms with Crippen molar-refractivity contribution in [2.75, 3.05) is 38.1 Å². The fourth-order valence-electron chi connectivity index (χ4n) is 1.84. The number of methoxy groups -OCH3 is 1. The number of hydrogen-bond acceptors (Lipinski definition) is 5. The number of ether oxygens (including phenoxy) is 2. The summed E-state index contributed by atoms with van der Waals surface area (Å²) in [6.45, 7) is 1.39. The van der Waals surface area contributed by atoms with Crippen LogP contribution in [0.15, 0.2) is 18.2 Å². The van der Waals surface area contributed by atoms with E-state index in [0.717, 1.165) is 0 Å². The number of anilines is 1. The van der Waals surface area contributed by atoms with Gasteiger partial charge in [-0.3, -0.25) is 4.72 Å². The number of hydrogen-bond donors (Lipinski definition) is 1. The molecule has 0 aliphatic carbocycles. The summed E-state index contributed by atoms with van der Waals surface area (Å²) in [6, 6.07) is 6.49. The minimum atomic E-state index is -3.65. The predicted molar refractivity (Wildman–Crippen MR) is 72.6 cm³/mol. The van der Waals surface area contributed by atoms with E-state index in [2.05, 4.69) is 4.72 Å². The van der Waals surface area contributed by atoms with Crippen molar-refractivity contribution in [2.24, 2.45) is 0 Å². The van der Waals surface area contributed by atoms with Crippen LogP contribution in [-0.4, -0.2) is 46.1 Å². The van der Waals surface area contributed by atoms with Crippen LogP contribution < -0.4 is 9.46 Å². The molecule has 108 valence electrons. The number of morpholine rings is 1. The highest BCUT2D eigenvalue weighted by molar-refractivity contribution is 7.90. The molecule has 20 heavy (non-hydrogen) atoms. The number of nitriles is 1. The Morgan fingerprint density at radius 1 is 1.40 bits per heavy atom. The zero-order chi connectivity index (χ0) is 14.6. The molecule has 1 aliphatic heterocycles. The van der Waals surface area contributed by atoms with Gasteiger partial charge in [-0.2, -0.15) is 18.0 Å². The summed E-state index contributed by atoms with van der Waals surface area (Å²) < 4.78 is 38.4. The average Bonchev–Trinajstić information content (AvgIpc) is 2.48. The van der Waals surface area contributed by atoms with Gasteiger partial charge in [-0.15, -0.1) is 0 Å². The number of nitrogens with zero attached hydrogens (tertiary/aromatic N) is 2.